The first-order chi connectivity index (χ1) is 12.7. The number of hydrogen-bond acceptors (Lipinski definition) is 5. The standard InChI is InChI=1S/C18H17ClF2N4O2/c1-11(24-10-16(26)15-9-22-5-6-23-15)7-17(27)25-12-3-4-14(19)13(8-12)18(2,20)21/h3-6,8-9H,7,10H2,1-2H3,(H,25,27). The molecule has 0 fully saturated rings. The topological polar surface area (TPSA) is 84.3 Å². The van der Waals surface area contributed by atoms with Crippen molar-refractivity contribution in [3.8, 4) is 0 Å². The number of halogens is 3. The zero-order chi connectivity index (χ0) is 20.0. The molecule has 142 valence electrons. The molecule has 0 spiro atoms. The molecule has 6 nitrogen and oxygen atoms in total. The summed E-state index contributed by atoms with van der Waals surface area (Å²) in [6.45, 7) is 2.16. The Balaban J connectivity index is 1.96. The molecule has 1 aromatic heterocycles. The van der Waals surface area contributed by atoms with Crippen molar-refractivity contribution in [1.82, 2.24) is 9.97 Å². The maximum absolute atomic E-state index is 13.5. The molecule has 1 aromatic carbocycles. The van der Waals surface area contributed by atoms with Crippen molar-refractivity contribution < 1.29 is 18.4 Å². The number of hydrogen-bond donors (Lipinski definition) is 1. The molecule has 1 amide bonds. The molecule has 0 saturated heterocycles. The van der Waals surface area contributed by atoms with Gasteiger partial charge in [0.15, 0.2) is 0 Å². The van der Waals surface area contributed by atoms with Crippen LogP contribution < -0.4 is 5.32 Å². The maximum Gasteiger partial charge on any atom is 0.272 e. The largest absolute Gasteiger partial charge is 0.326 e. The average molecular weight is 395 g/mol. The van der Waals surface area contributed by atoms with E-state index in [0.717, 1.165) is 13.0 Å². The van der Waals surface area contributed by atoms with Gasteiger partial charge < -0.3 is 5.32 Å². The summed E-state index contributed by atoms with van der Waals surface area (Å²) in [5.74, 6) is -3.90. The highest BCUT2D eigenvalue weighted by molar-refractivity contribution is 6.31. The third kappa shape index (κ3) is 6.18. The molecule has 2 aromatic rings. The molecule has 0 aliphatic rings. The summed E-state index contributed by atoms with van der Waals surface area (Å²) in [5.41, 5.74) is 0.429. The van der Waals surface area contributed by atoms with Gasteiger partial charge in [-0.15, -0.1) is 0 Å². The third-order valence-corrected chi connectivity index (χ3v) is 3.81. The summed E-state index contributed by atoms with van der Waals surface area (Å²) in [7, 11) is 0. The van der Waals surface area contributed by atoms with Crippen molar-refractivity contribution >= 4 is 34.7 Å². The van der Waals surface area contributed by atoms with Crippen molar-refractivity contribution in [2.75, 3.05) is 11.9 Å². The van der Waals surface area contributed by atoms with E-state index < -0.39 is 11.8 Å². The molecule has 0 unspecified atom stereocenters. The van der Waals surface area contributed by atoms with Crippen LogP contribution in [0.1, 0.15) is 36.3 Å². The second-order valence-corrected chi connectivity index (χ2v) is 6.28. The molecule has 27 heavy (non-hydrogen) atoms. The number of anilines is 1. The number of aliphatic imine (C=N–C) groups is 1. The number of amides is 1. The van der Waals surface area contributed by atoms with E-state index in [0.29, 0.717) is 5.71 Å². The Hall–Kier alpha value is -2.74. The van der Waals surface area contributed by atoms with Crippen LogP contribution >= 0.6 is 11.6 Å². The fourth-order valence-electron chi connectivity index (χ4n) is 2.16. The lowest BCUT2D eigenvalue weighted by atomic mass is 10.1. The molecular weight excluding hydrogens is 378 g/mol. The maximum atomic E-state index is 13.5. The van der Waals surface area contributed by atoms with Crippen LogP contribution in [0.15, 0.2) is 41.8 Å². The number of benzene rings is 1. The minimum absolute atomic E-state index is 0.0826. The number of nitrogens with zero attached hydrogens (tertiary/aromatic N) is 3. The van der Waals surface area contributed by atoms with E-state index in [4.69, 9.17) is 11.6 Å². The first-order valence-electron chi connectivity index (χ1n) is 7.93. The van der Waals surface area contributed by atoms with Gasteiger partial charge in [-0.05, 0) is 25.1 Å². The highest BCUT2D eigenvalue weighted by Crippen LogP contribution is 2.34. The van der Waals surface area contributed by atoms with Gasteiger partial charge in [0.25, 0.3) is 5.92 Å². The van der Waals surface area contributed by atoms with E-state index in [9.17, 15) is 18.4 Å². The number of Topliss-reactive ketones (excluding diaryl/α,β-unsaturated/α-hetero) is 1. The summed E-state index contributed by atoms with van der Waals surface area (Å²) in [5, 5.41) is 2.43. The number of ketones is 1. The number of carbonyl (C=O) groups is 2. The van der Waals surface area contributed by atoms with Crippen LogP contribution in [0.3, 0.4) is 0 Å². The first kappa shape index (κ1) is 20.6. The van der Waals surface area contributed by atoms with E-state index in [2.05, 4.69) is 20.3 Å². The number of carbonyl (C=O) groups excluding carboxylic acids is 2. The predicted molar refractivity (Wildman–Crippen MR) is 98.6 cm³/mol. The second-order valence-electron chi connectivity index (χ2n) is 5.87. The Bertz CT molecular complexity index is 867. The van der Waals surface area contributed by atoms with Gasteiger partial charge in [-0.3, -0.25) is 19.6 Å². The highest BCUT2D eigenvalue weighted by atomic mass is 35.5. The highest BCUT2D eigenvalue weighted by Gasteiger charge is 2.27. The Morgan fingerprint density at radius 3 is 2.67 bits per heavy atom. The van der Waals surface area contributed by atoms with Crippen LogP contribution in [0.4, 0.5) is 14.5 Å². The zero-order valence-electron chi connectivity index (χ0n) is 14.7. The Kier molecular flexibility index (Phi) is 6.68. The molecular formula is C18H17ClF2N4O2. The Labute approximate surface area is 159 Å². The minimum Gasteiger partial charge on any atom is -0.326 e. The van der Waals surface area contributed by atoms with E-state index in [-0.39, 0.29) is 40.7 Å². The molecule has 1 N–H and O–H groups in total. The third-order valence-electron chi connectivity index (χ3n) is 3.48. The van der Waals surface area contributed by atoms with Crippen LogP contribution in [0.25, 0.3) is 0 Å². The van der Waals surface area contributed by atoms with E-state index in [1.807, 2.05) is 0 Å². The molecule has 9 heteroatoms. The van der Waals surface area contributed by atoms with Crippen LogP contribution in [0, 0.1) is 0 Å². The van der Waals surface area contributed by atoms with Gasteiger partial charge in [0, 0.05) is 41.3 Å². The summed E-state index contributed by atoms with van der Waals surface area (Å²) in [6.07, 6.45) is 4.10. The summed E-state index contributed by atoms with van der Waals surface area (Å²) < 4.78 is 27.0. The molecule has 0 aliphatic carbocycles. The quantitative estimate of drug-likeness (QED) is 0.570. The summed E-state index contributed by atoms with van der Waals surface area (Å²) in [4.78, 5) is 35.7. The van der Waals surface area contributed by atoms with Crippen molar-refractivity contribution in [1.29, 1.82) is 0 Å². The lowest BCUT2D eigenvalue weighted by molar-refractivity contribution is -0.115. The fraction of sp³-hybridized carbons (Fsp3) is 0.278. The normalized spacial score (nSPS) is 12.0. The van der Waals surface area contributed by atoms with Gasteiger partial charge in [0.05, 0.1) is 12.6 Å². The summed E-state index contributed by atoms with van der Waals surface area (Å²) in [6, 6.07) is 3.86. The van der Waals surface area contributed by atoms with Crippen molar-refractivity contribution in [2.45, 2.75) is 26.2 Å². The lowest BCUT2D eigenvalue weighted by Crippen LogP contribution is -2.17. The van der Waals surface area contributed by atoms with Crippen molar-refractivity contribution in [2.24, 2.45) is 4.99 Å². The van der Waals surface area contributed by atoms with Gasteiger partial charge in [0.2, 0.25) is 11.7 Å². The van der Waals surface area contributed by atoms with Crippen LogP contribution in [0.2, 0.25) is 5.02 Å². The number of alkyl halides is 2. The summed E-state index contributed by atoms with van der Waals surface area (Å²) >= 11 is 5.77. The molecule has 0 atom stereocenters. The van der Waals surface area contributed by atoms with Crippen LogP contribution in [-0.4, -0.2) is 33.9 Å². The van der Waals surface area contributed by atoms with Gasteiger partial charge in [-0.2, -0.15) is 0 Å². The minimum atomic E-state index is -3.13. The van der Waals surface area contributed by atoms with E-state index in [1.54, 1.807) is 6.92 Å². The monoisotopic (exact) mass is 394 g/mol. The molecule has 0 radical (unpaired) electrons. The van der Waals surface area contributed by atoms with E-state index >= 15 is 0 Å². The van der Waals surface area contributed by atoms with Gasteiger partial charge >= 0.3 is 0 Å². The second kappa shape index (κ2) is 8.77. The zero-order valence-corrected chi connectivity index (χ0v) is 15.4. The SMILES string of the molecule is CC(CC(=O)Nc1ccc(Cl)c(C(C)(F)F)c1)=NCC(=O)c1cnccn1. The van der Waals surface area contributed by atoms with Gasteiger partial charge in [-0.1, -0.05) is 11.6 Å². The van der Waals surface area contributed by atoms with Crippen molar-refractivity contribution in [3.05, 3.63) is 53.1 Å². The molecule has 0 saturated carbocycles. The predicted octanol–water partition coefficient (Wildman–Crippen LogP) is 3.91. The number of rotatable bonds is 7. The molecule has 2 rings (SSSR count). The fourth-order valence-corrected chi connectivity index (χ4v) is 2.45. The van der Waals surface area contributed by atoms with Gasteiger partial charge in [-0.25, -0.2) is 13.8 Å². The lowest BCUT2D eigenvalue weighted by Gasteiger charge is -2.14. The van der Waals surface area contributed by atoms with Crippen LogP contribution in [0.5, 0.6) is 0 Å². The Morgan fingerprint density at radius 2 is 2.04 bits per heavy atom. The molecule has 0 aliphatic heterocycles. The van der Waals surface area contributed by atoms with E-state index in [1.165, 1.54) is 30.7 Å². The molecule has 1 heterocycles. The van der Waals surface area contributed by atoms with Crippen LogP contribution in [-0.2, 0) is 10.7 Å². The number of aromatic nitrogens is 2. The average Bonchev–Trinajstić information content (AvgIpc) is 2.61. The van der Waals surface area contributed by atoms with Gasteiger partial charge in [0.1, 0.15) is 12.2 Å². The molecule has 0 bridgehead atoms. The number of nitrogens with one attached hydrogen (secondary N) is 1. The first-order valence-corrected chi connectivity index (χ1v) is 8.31. The van der Waals surface area contributed by atoms with Crippen molar-refractivity contribution in [3.63, 3.8) is 0 Å². The smallest absolute Gasteiger partial charge is 0.272 e. The Morgan fingerprint density at radius 1 is 1.30 bits per heavy atom.